The number of nitrogens with zero attached hydrogens (tertiary/aromatic N) is 4. The molecule has 0 amide bonds. The fraction of sp³-hybridized carbons (Fsp3) is 0.538. The molecule has 0 saturated heterocycles. The van der Waals surface area contributed by atoms with E-state index in [1.54, 1.807) is 0 Å². The van der Waals surface area contributed by atoms with Gasteiger partial charge in [-0.05, 0) is 6.92 Å². The van der Waals surface area contributed by atoms with E-state index in [9.17, 15) is 0 Å². The molecule has 17 heavy (non-hydrogen) atoms. The molecule has 0 N–H and O–H groups in total. The van der Waals surface area contributed by atoms with E-state index in [0.29, 0.717) is 0 Å². The smallest absolute Gasteiger partial charge is 0.239 e. The van der Waals surface area contributed by atoms with E-state index < -0.39 is 0 Å². The molecule has 0 spiro atoms. The van der Waals surface area contributed by atoms with Gasteiger partial charge in [-0.2, -0.15) is 0 Å². The minimum atomic E-state index is 1.06. The summed E-state index contributed by atoms with van der Waals surface area (Å²) in [4.78, 5) is 0. The summed E-state index contributed by atoms with van der Waals surface area (Å²) in [5.74, 6) is 0. The van der Waals surface area contributed by atoms with Crippen molar-refractivity contribution in [1.82, 2.24) is 9.13 Å². The molecule has 0 fully saturated rings. The Balaban J connectivity index is 0.000000171. The van der Waals surface area contributed by atoms with Crippen molar-refractivity contribution in [1.29, 1.82) is 0 Å². The van der Waals surface area contributed by atoms with Crippen LogP contribution in [-0.2, 0) is 27.7 Å². The lowest BCUT2D eigenvalue weighted by molar-refractivity contribution is -0.671. The molecule has 0 aromatic carbocycles. The van der Waals surface area contributed by atoms with Gasteiger partial charge in [-0.3, -0.25) is 0 Å². The first-order valence-corrected chi connectivity index (χ1v) is 5.94. The van der Waals surface area contributed by atoms with Crippen LogP contribution in [0, 0.1) is 13.8 Å². The number of hydrogen-bond acceptors (Lipinski definition) is 0. The second kappa shape index (κ2) is 5.66. The molecule has 2 heterocycles. The zero-order chi connectivity index (χ0) is 13.0. The molecule has 0 atom stereocenters. The fourth-order valence-electron chi connectivity index (χ4n) is 1.83. The van der Waals surface area contributed by atoms with Gasteiger partial charge in [-0.1, -0.05) is 0 Å². The number of hydrogen-bond donors (Lipinski definition) is 0. The van der Waals surface area contributed by atoms with Gasteiger partial charge in [0.25, 0.3) is 0 Å². The van der Waals surface area contributed by atoms with Gasteiger partial charge < -0.3 is 0 Å². The van der Waals surface area contributed by atoms with Crippen molar-refractivity contribution < 1.29 is 9.13 Å². The standard InChI is InChI=1S/C7H13N2.C6H11N2/c1-4-9-6-8(3)5-7(9)2;1-6-4-7(2)5-8(6)3/h5-6H,4H2,1-3H3;4-5H,1-3H3/q2*+1. The molecule has 0 saturated carbocycles. The Labute approximate surface area is 104 Å². The van der Waals surface area contributed by atoms with Gasteiger partial charge >= 0.3 is 0 Å². The van der Waals surface area contributed by atoms with Crippen LogP contribution in [0.5, 0.6) is 0 Å². The highest BCUT2D eigenvalue weighted by molar-refractivity contribution is 4.88. The minimum absolute atomic E-state index is 1.06. The second-order valence-electron chi connectivity index (χ2n) is 4.50. The lowest BCUT2D eigenvalue weighted by Crippen LogP contribution is -2.23. The topological polar surface area (TPSA) is 17.6 Å². The number of aromatic nitrogens is 4. The van der Waals surface area contributed by atoms with Crippen LogP contribution in [0.15, 0.2) is 25.0 Å². The minimum Gasteiger partial charge on any atom is -0.239 e. The van der Waals surface area contributed by atoms with Crippen molar-refractivity contribution in [3.8, 4) is 0 Å². The van der Waals surface area contributed by atoms with Crippen LogP contribution < -0.4 is 9.13 Å². The molecule has 0 aliphatic rings. The summed E-state index contributed by atoms with van der Waals surface area (Å²) in [5, 5.41) is 0. The number of aryl methyl sites for hydroxylation is 6. The maximum atomic E-state index is 2.21. The first-order chi connectivity index (χ1) is 7.93. The molecule has 0 radical (unpaired) electrons. The van der Waals surface area contributed by atoms with Gasteiger partial charge in [0.05, 0.1) is 27.7 Å². The maximum Gasteiger partial charge on any atom is 0.243 e. The predicted molar refractivity (Wildman–Crippen MR) is 67.3 cm³/mol. The summed E-state index contributed by atoms with van der Waals surface area (Å²) in [7, 11) is 6.10. The van der Waals surface area contributed by atoms with Crippen LogP contribution in [0.2, 0.25) is 0 Å². The Morgan fingerprint density at radius 1 is 1.00 bits per heavy atom. The molecule has 0 aliphatic carbocycles. The fourth-order valence-corrected chi connectivity index (χ4v) is 1.83. The molecular formula is C13H24N4+2. The third kappa shape index (κ3) is 3.73. The van der Waals surface area contributed by atoms with Crippen molar-refractivity contribution in [2.24, 2.45) is 21.1 Å². The van der Waals surface area contributed by atoms with Crippen LogP contribution in [0.1, 0.15) is 18.3 Å². The number of imidazole rings is 2. The molecule has 0 bridgehead atoms. The second-order valence-corrected chi connectivity index (χ2v) is 4.50. The first-order valence-electron chi connectivity index (χ1n) is 5.94. The Kier molecular flexibility index (Phi) is 4.49. The predicted octanol–water partition coefficient (Wildman–Crippen LogP) is 0.799. The van der Waals surface area contributed by atoms with Crippen LogP contribution in [-0.4, -0.2) is 9.13 Å². The SMILES string of the molecule is CCn1c[n+](C)cc1C.Cc1c[n+](C)cn1C. The van der Waals surface area contributed by atoms with Gasteiger partial charge in [0.2, 0.25) is 12.7 Å². The summed E-state index contributed by atoms with van der Waals surface area (Å²) in [6.45, 7) is 7.41. The number of rotatable bonds is 1. The van der Waals surface area contributed by atoms with E-state index >= 15 is 0 Å². The van der Waals surface area contributed by atoms with E-state index in [4.69, 9.17) is 0 Å². The Morgan fingerprint density at radius 3 is 1.71 bits per heavy atom. The van der Waals surface area contributed by atoms with Crippen molar-refractivity contribution in [2.75, 3.05) is 0 Å². The molecule has 2 rings (SSSR count). The van der Waals surface area contributed by atoms with Crippen molar-refractivity contribution in [2.45, 2.75) is 27.3 Å². The zero-order valence-electron chi connectivity index (χ0n) is 11.8. The maximum absolute atomic E-state index is 2.21. The third-order valence-electron chi connectivity index (χ3n) is 2.81. The van der Waals surface area contributed by atoms with Gasteiger partial charge in [-0.25, -0.2) is 18.3 Å². The molecule has 4 nitrogen and oxygen atoms in total. The molecule has 0 unspecified atom stereocenters. The van der Waals surface area contributed by atoms with Crippen LogP contribution in [0.25, 0.3) is 0 Å². The van der Waals surface area contributed by atoms with Gasteiger partial charge in [0, 0.05) is 13.8 Å². The van der Waals surface area contributed by atoms with Crippen LogP contribution in [0.3, 0.4) is 0 Å². The summed E-state index contributed by atoms with van der Waals surface area (Å²) in [6.07, 6.45) is 8.33. The van der Waals surface area contributed by atoms with Crippen LogP contribution >= 0.6 is 0 Å². The highest BCUT2D eigenvalue weighted by Gasteiger charge is 2.01. The van der Waals surface area contributed by atoms with Crippen molar-refractivity contribution >= 4 is 0 Å². The van der Waals surface area contributed by atoms with E-state index in [1.165, 1.54) is 11.4 Å². The first kappa shape index (κ1) is 13.5. The van der Waals surface area contributed by atoms with Crippen molar-refractivity contribution in [3.05, 3.63) is 36.4 Å². The average Bonchev–Trinajstić information content (AvgIpc) is 2.70. The largest absolute Gasteiger partial charge is 0.243 e. The molecular weight excluding hydrogens is 212 g/mol. The van der Waals surface area contributed by atoms with Gasteiger partial charge in [-0.15, -0.1) is 0 Å². The highest BCUT2D eigenvalue weighted by atomic mass is 15.1. The van der Waals surface area contributed by atoms with Crippen LogP contribution in [0.4, 0.5) is 0 Å². The van der Waals surface area contributed by atoms with E-state index in [1.807, 2.05) is 32.0 Å². The summed E-state index contributed by atoms with van der Waals surface area (Å²) in [5.41, 5.74) is 2.60. The Bertz CT molecular complexity index is 460. The highest BCUT2D eigenvalue weighted by Crippen LogP contribution is 1.92. The monoisotopic (exact) mass is 236 g/mol. The molecule has 2 aromatic heterocycles. The molecule has 94 valence electrons. The Hall–Kier alpha value is -1.58. The van der Waals surface area contributed by atoms with E-state index in [-0.39, 0.29) is 0 Å². The van der Waals surface area contributed by atoms with E-state index in [0.717, 1.165) is 6.54 Å². The van der Waals surface area contributed by atoms with Gasteiger partial charge in [0.1, 0.15) is 23.8 Å². The molecule has 2 aromatic rings. The lowest BCUT2D eigenvalue weighted by Gasteiger charge is -1.86. The van der Waals surface area contributed by atoms with E-state index in [2.05, 4.69) is 53.2 Å². The van der Waals surface area contributed by atoms with Crippen molar-refractivity contribution in [3.63, 3.8) is 0 Å². The molecule has 4 heteroatoms. The summed E-state index contributed by atoms with van der Waals surface area (Å²) < 4.78 is 8.40. The average molecular weight is 236 g/mol. The zero-order valence-corrected chi connectivity index (χ0v) is 11.8. The third-order valence-corrected chi connectivity index (χ3v) is 2.81. The lowest BCUT2D eigenvalue weighted by atomic mass is 10.5. The molecule has 0 aliphatic heterocycles. The Morgan fingerprint density at radius 2 is 1.53 bits per heavy atom. The summed E-state index contributed by atoms with van der Waals surface area (Å²) >= 11 is 0. The normalized spacial score (nSPS) is 10.0. The quantitative estimate of drug-likeness (QED) is 0.652. The summed E-state index contributed by atoms with van der Waals surface area (Å²) in [6, 6.07) is 0. The van der Waals surface area contributed by atoms with Gasteiger partial charge in [0.15, 0.2) is 0 Å².